The standard InChI is InChI=1S/C27H46B2N3Si/c1-7-30(8-2)29(31(9-3)10-4)26(33(5,6)25-14-12-11-13-15-25)32(28)27-19-22-16-23(20-27)18-24(17-22)21-27/h11-15,22-24H,7-10,16-21H2,1-6H3/b32-26-. The molecule has 1 aromatic rings. The molecule has 0 unspecified atom stereocenters. The minimum Gasteiger partial charge on any atom is -0.549 e. The molecule has 4 bridgehead atoms. The molecule has 5 rings (SSSR count). The molecule has 0 saturated heterocycles. The third kappa shape index (κ3) is 4.57. The van der Waals surface area contributed by atoms with E-state index in [-0.39, 0.29) is 12.5 Å². The van der Waals surface area contributed by atoms with E-state index in [1.165, 1.54) is 43.7 Å². The van der Waals surface area contributed by atoms with E-state index < -0.39 is 8.07 Å². The molecule has 0 spiro atoms. The highest BCUT2D eigenvalue weighted by Gasteiger charge is 2.56. The number of benzene rings is 1. The van der Waals surface area contributed by atoms with Crippen LogP contribution in [0, 0.1) is 17.8 Å². The lowest BCUT2D eigenvalue weighted by molar-refractivity contribution is -0.502. The van der Waals surface area contributed by atoms with Crippen LogP contribution in [0.15, 0.2) is 30.3 Å². The monoisotopic (exact) mass is 462 g/mol. The van der Waals surface area contributed by atoms with E-state index in [9.17, 15) is 0 Å². The summed E-state index contributed by atoms with van der Waals surface area (Å²) in [6, 6.07) is 11.3. The van der Waals surface area contributed by atoms with Crippen molar-refractivity contribution in [3.05, 3.63) is 30.3 Å². The van der Waals surface area contributed by atoms with Crippen molar-refractivity contribution in [3.63, 3.8) is 0 Å². The predicted molar refractivity (Wildman–Crippen MR) is 147 cm³/mol. The lowest BCUT2D eigenvalue weighted by Gasteiger charge is -2.59. The summed E-state index contributed by atoms with van der Waals surface area (Å²) in [6.45, 7) is 18.9. The van der Waals surface area contributed by atoms with Crippen LogP contribution in [0.4, 0.5) is 0 Å². The Labute approximate surface area is 206 Å². The van der Waals surface area contributed by atoms with Crippen molar-refractivity contribution in [2.75, 3.05) is 26.2 Å². The molecule has 0 aromatic heterocycles. The molecule has 3 radical (unpaired) electrons. The van der Waals surface area contributed by atoms with Crippen LogP contribution in [0.3, 0.4) is 0 Å². The van der Waals surface area contributed by atoms with Crippen molar-refractivity contribution < 1.29 is 4.49 Å². The first kappa shape index (κ1) is 25.3. The van der Waals surface area contributed by atoms with E-state index in [1.54, 1.807) is 5.23 Å². The molecular weight excluding hydrogens is 416 g/mol. The van der Waals surface area contributed by atoms with Crippen LogP contribution in [-0.2, 0) is 0 Å². The summed E-state index contributed by atoms with van der Waals surface area (Å²) in [4.78, 5) is 5.33. The van der Waals surface area contributed by atoms with Gasteiger partial charge in [-0.25, -0.2) is 0 Å². The van der Waals surface area contributed by atoms with Crippen molar-refractivity contribution >= 4 is 33.5 Å². The normalized spacial score (nSPS) is 29.7. The molecule has 4 aliphatic carbocycles. The largest absolute Gasteiger partial charge is 0.549 e. The molecule has 179 valence electrons. The quantitative estimate of drug-likeness (QED) is 0.378. The summed E-state index contributed by atoms with van der Waals surface area (Å²) in [7, 11) is 5.47. The van der Waals surface area contributed by atoms with E-state index in [0.29, 0.717) is 0 Å². The van der Waals surface area contributed by atoms with Gasteiger partial charge in [0.25, 0.3) is 0 Å². The minimum atomic E-state index is -2.04. The van der Waals surface area contributed by atoms with Gasteiger partial charge in [0.1, 0.15) is 5.54 Å². The van der Waals surface area contributed by atoms with Crippen molar-refractivity contribution in [1.82, 2.24) is 9.62 Å². The van der Waals surface area contributed by atoms with Gasteiger partial charge in [-0.2, -0.15) is 0 Å². The molecule has 6 heteroatoms. The Morgan fingerprint density at radius 1 is 0.879 bits per heavy atom. The fourth-order valence-corrected chi connectivity index (χ4v) is 11.3. The molecule has 0 amide bonds. The maximum atomic E-state index is 7.51. The first-order valence-corrected chi connectivity index (χ1v) is 16.7. The van der Waals surface area contributed by atoms with Gasteiger partial charge in [0, 0.05) is 19.3 Å². The van der Waals surface area contributed by atoms with Gasteiger partial charge in [0.15, 0.2) is 8.07 Å². The summed E-state index contributed by atoms with van der Waals surface area (Å²) in [5.74, 6) is 2.68. The van der Waals surface area contributed by atoms with Gasteiger partial charge in [-0.05, 0) is 68.4 Å². The Morgan fingerprint density at radius 3 is 1.70 bits per heavy atom. The van der Waals surface area contributed by atoms with Crippen LogP contribution < -0.4 is 5.19 Å². The average molecular weight is 462 g/mol. The highest BCUT2D eigenvalue weighted by Crippen LogP contribution is 2.56. The zero-order valence-corrected chi connectivity index (χ0v) is 23.2. The Balaban J connectivity index is 1.92. The van der Waals surface area contributed by atoms with Gasteiger partial charge in [0.2, 0.25) is 0 Å². The van der Waals surface area contributed by atoms with Crippen LogP contribution in [0.2, 0.25) is 13.1 Å². The van der Waals surface area contributed by atoms with Gasteiger partial charge in [-0.15, -0.1) is 7.98 Å². The topological polar surface area (TPSA) is 9.49 Å². The number of nitrogens with zero attached hydrogens (tertiary/aromatic N) is 3. The molecule has 1 aromatic carbocycles. The molecule has 0 N–H and O–H groups in total. The van der Waals surface area contributed by atoms with Crippen LogP contribution in [0.5, 0.6) is 0 Å². The van der Waals surface area contributed by atoms with E-state index in [1.807, 2.05) is 0 Å². The molecule has 33 heavy (non-hydrogen) atoms. The molecule has 0 atom stereocenters. The minimum absolute atomic E-state index is 0.168. The number of hydrogen-bond donors (Lipinski definition) is 0. The summed E-state index contributed by atoms with van der Waals surface area (Å²) < 4.78 is 2.44. The Bertz CT molecular complexity index is 786. The van der Waals surface area contributed by atoms with Gasteiger partial charge in [0.05, 0.1) is 5.23 Å². The zero-order chi connectivity index (χ0) is 23.8. The number of rotatable bonds is 10. The summed E-state index contributed by atoms with van der Waals surface area (Å²) in [6.07, 6.45) is 8.29. The third-order valence-electron chi connectivity index (χ3n) is 9.47. The lowest BCUT2D eigenvalue weighted by Crippen LogP contribution is -2.72. The molecule has 4 aliphatic rings. The first-order valence-electron chi connectivity index (χ1n) is 13.7. The van der Waals surface area contributed by atoms with Crippen molar-refractivity contribution in [1.29, 1.82) is 0 Å². The second-order valence-electron chi connectivity index (χ2n) is 11.7. The van der Waals surface area contributed by atoms with Gasteiger partial charge in [-0.3, -0.25) is 0 Å². The molecule has 3 nitrogen and oxygen atoms in total. The molecule has 4 saturated carbocycles. The SMILES string of the molecule is [B-]/[N+](=C(/B(N(CC)CC)N(CC)CC)[Si](C)(C)c1ccccc1)C12CC3CC(CC(C3)C1)C2. The Morgan fingerprint density at radius 2 is 1.30 bits per heavy atom. The van der Waals surface area contributed by atoms with E-state index in [2.05, 4.69) is 85.2 Å². The van der Waals surface area contributed by atoms with Crippen LogP contribution in [0.25, 0.3) is 0 Å². The zero-order valence-electron chi connectivity index (χ0n) is 22.2. The van der Waals surface area contributed by atoms with Crippen molar-refractivity contribution in [2.45, 2.75) is 84.9 Å². The van der Waals surface area contributed by atoms with E-state index >= 15 is 0 Å². The maximum absolute atomic E-state index is 7.51. The van der Waals surface area contributed by atoms with Crippen molar-refractivity contribution in [2.24, 2.45) is 17.8 Å². The second kappa shape index (κ2) is 10.0. The average Bonchev–Trinajstić information content (AvgIpc) is 2.80. The maximum Gasteiger partial charge on any atom is 0.404 e. The molecule has 0 heterocycles. The molecule has 4 fully saturated rings. The fraction of sp³-hybridized carbons (Fsp3) is 0.741. The van der Waals surface area contributed by atoms with E-state index in [0.717, 1.165) is 43.9 Å². The summed E-state index contributed by atoms with van der Waals surface area (Å²) in [5, 5.41) is 3.05. The highest BCUT2D eigenvalue weighted by molar-refractivity contribution is 7.29. The number of hydrogen-bond acceptors (Lipinski definition) is 2. The smallest absolute Gasteiger partial charge is 0.404 e. The Hall–Kier alpha value is -0.843. The van der Waals surface area contributed by atoms with Gasteiger partial charge >= 0.3 is 6.98 Å². The first-order chi connectivity index (χ1) is 15.8. The lowest BCUT2D eigenvalue weighted by atomic mass is 9.52. The third-order valence-corrected chi connectivity index (χ3v) is 13.0. The van der Waals surface area contributed by atoms with Crippen molar-refractivity contribution in [3.8, 4) is 0 Å². The van der Waals surface area contributed by atoms with Gasteiger partial charge < -0.3 is 14.1 Å². The predicted octanol–water partition coefficient (Wildman–Crippen LogP) is 4.36. The highest BCUT2D eigenvalue weighted by atomic mass is 28.3. The van der Waals surface area contributed by atoms with Gasteiger partial charge in [-0.1, -0.05) is 71.1 Å². The molecular formula is C27H46B2N3Si. The van der Waals surface area contributed by atoms with Crippen LogP contribution >= 0.6 is 0 Å². The Kier molecular flexibility index (Phi) is 7.67. The fourth-order valence-electron chi connectivity index (χ4n) is 8.08. The van der Waals surface area contributed by atoms with E-state index in [4.69, 9.17) is 7.98 Å². The van der Waals surface area contributed by atoms with Crippen LogP contribution in [0.1, 0.15) is 66.2 Å². The summed E-state index contributed by atoms with van der Waals surface area (Å²) >= 11 is 0. The van der Waals surface area contributed by atoms with Crippen LogP contribution in [-0.4, -0.2) is 74.1 Å². The second-order valence-corrected chi connectivity index (χ2v) is 16.0. The molecule has 0 aliphatic heterocycles. The summed E-state index contributed by atoms with van der Waals surface area (Å²) in [5.41, 5.74) is 0.168.